The summed E-state index contributed by atoms with van der Waals surface area (Å²) >= 11 is 5.96. The van der Waals surface area contributed by atoms with E-state index in [0.29, 0.717) is 44.6 Å². The first kappa shape index (κ1) is 42.8. The van der Waals surface area contributed by atoms with E-state index >= 15 is 8.78 Å². The maximum atomic E-state index is 16.5. The van der Waals surface area contributed by atoms with Gasteiger partial charge in [-0.15, -0.1) is 22.7 Å². The molecule has 2 unspecified atom stereocenters. The number of carboxylic acid groups (broad SMARTS) is 1. The van der Waals surface area contributed by atoms with E-state index in [9.17, 15) is 15.2 Å². The van der Waals surface area contributed by atoms with Crippen LogP contribution in [0.5, 0.6) is 0 Å². The minimum atomic E-state index is -1.29. The van der Waals surface area contributed by atoms with Crippen LogP contribution < -0.4 is 0 Å². The molecule has 288 valence electrons. The van der Waals surface area contributed by atoms with Gasteiger partial charge in [-0.25, -0.2) is 13.6 Å². The van der Waals surface area contributed by atoms with Crippen molar-refractivity contribution in [2.24, 2.45) is 11.8 Å². The van der Waals surface area contributed by atoms with E-state index in [2.05, 4.69) is 43.6 Å². The van der Waals surface area contributed by atoms with Gasteiger partial charge in [0.2, 0.25) is 0 Å². The number of nitrogens with zero attached hydrogens (tertiary/aromatic N) is 4. The number of allylic oxidation sites excluding steroid dienone is 1. The molecule has 6 nitrogen and oxygen atoms in total. The van der Waals surface area contributed by atoms with Crippen LogP contribution in [-0.2, 0) is 11.3 Å². The van der Waals surface area contributed by atoms with E-state index in [1.165, 1.54) is 74.0 Å². The van der Waals surface area contributed by atoms with Gasteiger partial charge in [0.1, 0.15) is 22.7 Å². The molecule has 0 fully saturated rings. The summed E-state index contributed by atoms with van der Waals surface area (Å²) in [4.78, 5) is 15.4. The second-order valence-corrected chi connectivity index (χ2v) is 17.8. The Kier molecular flexibility index (Phi) is 17.6. The van der Waals surface area contributed by atoms with E-state index in [1.54, 1.807) is 23.0 Å². The zero-order valence-electron chi connectivity index (χ0n) is 31.8. The zero-order chi connectivity index (χ0) is 38.3. The molecule has 0 aliphatic heterocycles. The molecule has 0 amide bonds. The van der Waals surface area contributed by atoms with Crippen molar-refractivity contribution in [3.05, 3.63) is 50.1 Å². The summed E-state index contributed by atoms with van der Waals surface area (Å²) < 4.78 is 33.7. The standard InChI is InChI=1S/C42H55BrF2N4O2S2/c1-5-9-12-14-15-17-20-29(19-16-13-10-6-2)27-49-47-40-36(38(44)39(45)37(41(40)48-49)34-23-24-35(43)53-34)33-22-21-32(52-33)30(31(26-46)42(50)51)25-28(8-4)18-11-7-3/h21-24,28-29H,5-20,25,27H2,1-4H3,(H,50,51)/b31-30+. The number of hydrogen-bond donors (Lipinski definition) is 1. The number of benzene rings is 1. The minimum absolute atomic E-state index is 0.0148. The van der Waals surface area contributed by atoms with Gasteiger partial charge >= 0.3 is 5.97 Å². The van der Waals surface area contributed by atoms with E-state index in [4.69, 9.17) is 10.2 Å². The molecule has 0 spiro atoms. The third-order valence-electron chi connectivity index (χ3n) is 10.2. The maximum Gasteiger partial charge on any atom is 0.346 e. The molecule has 4 aromatic rings. The highest BCUT2D eigenvalue weighted by molar-refractivity contribution is 9.11. The lowest BCUT2D eigenvalue weighted by Gasteiger charge is -2.17. The lowest BCUT2D eigenvalue weighted by Crippen LogP contribution is -2.14. The van der Waals surface area contributed by atoms with Crippen LogP contribution in [0.15, 0.2) is 33.6 Å². The first-order valence-corrected chi connectivity index (χ1v) is 22.1. The molecule has 11 heteroatoms. The molecule has 1 N–H and O–H groups in total. The second-order valence-electron chi connectivity index (χ2n) is 14.3. The van der Waals surface area contributed by atoms with Gasteiger partial charge < -0.3 is 5.11 Å². The predicted molar refractivity (Wildman–Crippen MR) is 220 cm³/mol. The Balaban J connectivity index is 1.80. The van der Waals surface area contributed by atoms with Crippen molar-refractivity contribution < 1.29 is 18.7 Å². The molecule has 0 saturated carbocycles. The molecular formula is C42H55BrF2N4O2S2. The number of carboxylic acids is 1. The molecule has 0 aliphatic rings. The van der Waals surface area contributed by atoms with Gasteiger partial charge in [0.15, 0.2) is 11.6 Å². The molecule has 1 aromatic carbocycles. The van der Waals surface area contributed by atoms with Gasteiger partial charge in [-0.2, -0.15) is 20.3 Å². The van der Waals surface area contributed by atoms with Gasteiger partial charge in [0.25, 0.3) is 0 Å². The summed E-state index contributed by atoms with van der Waals surface area (Å²) in [5, 5.41) is 29.7. The summed E-state index contributed by atoms with van der Waals surface area (Å²) in [6.45, 7) is 9.19. The third kappa shape index (κ3) is 11.5. The SMILES string of the molecule is CCCCCCCCC(CCCCCC)Cn1nc2c(-c3ccc(Br)s3)c(F)c(F)c(-c3ccc(/C(CC(CC)CCCC)=C(\C#N)C(=O)O)s3)c2n1. The summed E-state index contributed by atoms with van der Waals surface area (Å²) in [5.41, 5.74) is 0.805. The first-order chi connectivity index (χ1) is 25.7. The van der Waals surface area contributed by atoms with Gasteiger partial charge in [0.05, 0.1) is 21.5 Å². The van der Waals surface area contributed by atoms with Crippen molar-refractivity contribution >= 4 is 61.2 Å². The Hall–Kier alpha value is -2.94. The van der Waals surface area contributed by atoms with E-state index in [0.717, 1.165) is 55.2 Å². The Morgan fingerprint density at radius 2 is 1.32 bits per heavy atom. The lowest BCUT2D eigenvalue weighted by molar-refractivity contribution is -0.132. The summed E-state index contributed by atoms with van der Waals surface area (Å²) in [7, 11) is 0. The van der Waals surface area contributed by atoms with Crippen molar-refractivity contribution in [3.8, 4) is 27.0 Å². The molecule has 2 atom stereocenters. The van der Waals surface area contributed by atoms with E-state index in [-0.39, 0.29) is 28.1 Å². The minimum Gasteiger partial charge on any atom is -0.477 e. The van der Waals surface area contributed by atoms with Crippen molar-refractivity contribution in [1.82, 2.24) is 15.0 Å². The van der Waals surface area contributed by atoms with Crippen LogP contribution in [0, 0.1) is 34.8 Å². The molecule has 0 aliphatic carbocycles. The molecule has 0 bridgehead atoms. The van der Waals surface area contributed by atoms with Gasteiger partial charge in [-0.05, 0) is 76.9 Å². The van der Waals surface area contributed by atoms with Crippen molar-refractivity contribution in [1.29, 1.82) is 5.26 Å². The summed E-state index contributed by atoms with van der Waals surface area (Å²) in [6.07, 6.45) is 18.3. The van der Waals surface area contributed by atoms with Crippen LogP contribution >= 0.6 is 38.6 Å². The average molecular weight is 830 g/mol. The molecule has 3 aromatic heterocycles. The highest BCUT2D eigenvalue weighted by atomic mass is 79.9. The monoisotopic (exact) mass is 828 g/mol. The van der Waals surface area contributed by atoms with Crippen LogP contribution in [0.1, 0.15) is 142 Å². The smallest absolute Gasteiger partial charge is 0.346 e. The number of hydrogen-bond acceptors (Lipinski definition) is 6. The fourth-order valence-corrected chi connectivity index (χ4v) is 9.69. The highest BCUT2D eigenvalue weighted by Crippen LogP contribution is 2.45. The Morgan fingerprint density at radius 1 is 0.792 bits per heavy atom. The molecular weight excluding hydrogens is 775 g/mol. The second kappa shape index (κ2) is 21.8. The van der Waals surface area contributed by atoms with Crippen molar-refractivity contribution in [3.63, 3.8) is 0 Å². The van der Waals surface area contributed by atoms with Crippen LogP contribution in [-0.4, -0.2) is 26.1 Å². The van der Waals surface area contributed by atoms with Crippen LogP contribution in [0.2, 0.25) is 0 Å². The number of aromatic nitrogens is 3. The fourth-order valence-electron chi connectivity index (χ4n) is 7.16. The number of unbranched alkanes of at least 4 members (excludes halogenated alkanes) is 9. The van der Waals surface area contributed by atoms with Gasteiger partial charge in [-0.3, -0.25) is 0 Å². The summed E-state index contributed by atoms with van der Waals surface area (Å²) in [6, 6.07) is 8.90. The van der Waals surface area contributed by atoms with Crippen LogP contribution in [0.4, 0.5) is 8.78 Å². The van der Waals surface area contributed by atoms with E-state index < -0.39 is 17.6 Å². The molecule has 4 rings (SSSR count). The number of aliphatic carboxylic acids is 1. The first-order valence-electron chi connectivity index (χ1n) is 19.7. The largest absolute Gasteiger partial charge is 0.477 e. The number of thiophene rings is 2. The third-order valence-corrected chi connectivity index (χ3v) is 13.1. The Bertz CT molecular complexity index is 1860. The quantitative estimate of drug-likeness (QED) is 0.0431. The van der Waals surface area contributed by atoms with Gasteiger partial charge in [0, 0.05) is 14.6 Å². The van der Waals surface area contributed by atoms with Gasteiger partial charge in [-0.1, -0.05) is 118 Å². The highest BCUT2D eigenvalue weighted by Gasteiger charge is 2.29. The average Bonchev–Trinajstić information content (AvgIpc) is 3.90. The van der Waals surface area contributed by atoms with Crippen molar-refractivity contribution in [2.75, 3.05) is 0 Å². The number of carbonyl (C=O) groups is 1. The van der Waals surface area contributed by atoms with E-state index in [1.807, 2.05) is 12.1 Å². The summed E-state index contributed by atoms with van der Waals surface area (Å²) in [5.74, 6) is -2.76. The zero-order valence-corrected chi connectivity index (χ0v) is 35.0. The molecule has 3 heterocycles. The molecule has 0 saturated heterocycles. The molecule has 53 heavy (non-hydrogen) atoms. The predicted octanol–water partition coefficient (Wildman–Crippen LogP) is 14.2. The maximum absolute atomic E-state index is 16.5. The lowest BCUT2D eigenvalue weighted by atomic mass is 9.89. The Labute approximate surface area is 330 Å². The number of fused-ring (bicyclic) bond motifs is 1. The Morgan fingerprint density at radius 3 is 1.85 bits per heavy atom. The number of halogens is 3. The topological polar surface area (TPSA) is 91.8 Å². The van der Waals surface area contributed by atoms with Crippen molar-refractivity contribution in [2.45, 2.75) is 143 Å². The van der Waals surface area contributed by atoms with Crippen LogP contribution in [0.3, 0.4) is 0 Å². The number of rotatable bonds is 24. The van der Waals surface area contributed by atoms with Crippen LogP contribution in [0.25, 0.3) is 37.5 Å². The normalized spacial score (nSPS) is 13.3. The molecule has 0 radical (unpaired) electrons. The fraction of sp³-hybridized carbons (Fsp3) is 0.571. The number of nitriles is 1.